The molecular formula is C19H15ClN4O6. The van der Waals surface area contributed by atoms with E-state index in [0.717, 1.165) is 6.07 Å². The van der Waals surface area contributed by atoms with Crippen LogP contribution in [0.25, 0.3) is 10.8 Å². The predicted molar refractivity (Wildman–Crippen MR) is 108 cm³/mol. The standard InChI is InChI=1S/C19H15ClN4O6/c1-10(18(26)21-16-8-11(24(28)29)6-7-14(16)20)30-17(25)9-15-12-4-2-3-5-13(12)19(27)23-22-15/h2-8,10H,9H2,1H3,(H,21,26)(H,23,27). The summed E-state index contributed by atoms with van der Waals surface area (Å²) in [7, 11) is 0. The van der Waals surface area contributed by atoms with Gasteiger partial charge in [0, 0.05) is 17.5 Å². The summed E-state index contributed by atoms with van der Waals surface area (Å²) in [5.74, 6) is -1.46. The molecule has 1 heterocycles. The first-order chi connectivity index (χ1) is 14.3. The van der Waals surface area contributed by atoms with Crippen LogP contribution in [0.4, 0.5) is 11.4 Å². The topological polar surface area (TPSA) is 144 Å². The van der Waals surface area contributed by atoms with E-state index >= 15 is 0 Å². The number of rotatable bonds is 6. The molecule has 11 heteroatoms. The van der Waals surface area contributed by atoms with Gasteiger partial charge in [0.1, 0.15) is 0 Å². The molecule has 0 aliphatic heterocycles. The van der Waals surface area contributed by atoms with Gasteiger partial charge in [0.05, 0.1) is 33.1 Å². The molecule has 2 N–H and O–H groups in total. The van der Waals surface area contributed by atoms with E-state index in [4.69, 9.17) is 16.3 Å². The van der Waals surface area contributed by atoms with E-state index in [-0.39, 0.29) is 28.4 Å². The number of fused-ring (bicyclic) bond motifs is 1. The molecule has 0 saturated carbocycles. The van der Waals surface area contributed by atoms with Crippen LogP contribution in [0.2, 0.25) is 5.02 Å². The maximum absolute atomic E-state index is 12.3. The Morgan fingerprint density at radius 2 is 1.97 bits per heavy atom. The van der Waals surface area contributed by atoms with Gasteiger partial charge in [-0.1, -0.05) is 29.8 Å². The first-order valence-electron chi connectivity index (χ1n) is 8.67. The molecule has 0 radical (unpaired) electrons. The molecule has 0 spiro atoms. The minimum absolute atomic E-state index is 0.0204. The molecule has 0 aliphatic carbocycles. The Hall–Kier alpha value is -3.79. The molecule has 0 fully saturated rings. The predicted octanol–water partition coefficient (Wildman–Crippen LogP) is 2.60. The molecule has 154 valence electrons. The summed E-state index contributed by atoms with van der Waals surface area (Å²) in [6.07, 6.45) is -1.48. The maximum atomic E-state index is 12.3. The summed E-state index contributed by atoms with van der Waals surface area (Å²) in [6.45, 7) is 1.34. The van der Waals surface area contributed by atoms with E-state index in [9.17, 15) is 24.5 Å². The number of non-ortho nitro benzene ring substituents is 1. The van der Waals surface area contributed by atoms with Gasteiger partial charge in [-0.05, 0) is 19.1 Å². The fourth-order valence-electron chi connectivity index (χ4n) is 2.69. The number of carbonyl (C=O) groups is 2. The van der Waals surface area contributed by atoms with Crippen LogP contribution in [0, 0.1) is 10.1 Å². The quantitative estimate of drug-likeness (QED) is 0.347. The second kappa shape index (κ2) is 8.70. The minimum atomic E-state index is -1.21. The van der Waals surface area contributed by atoms with E-state index < -0.39 is 22.9 Å². The Balaban J connectivity index is 1.68. The largest absolute Gasteiger partial charge is 0.452 e. The number of hydrogen-bond donors (Lipinski definition) is 2. The highest BCUT2D eigenvalue weighted by Gasteiger charge is 2.21. The average molecular weight is 431 g/mol. The number of H-pyrrole nitrogens is 1. The number of nitrogens with zero attached hydrogens (tertiary/aromatic N) is 2. The highest BCUT2D eigenvalue weighted by molar-refractivity contribution is 6.33. The van der Waals surface area contributed by atoms with Gasteiger partial charge in [-0.3, -0.25) is 24.5 Å². The molecule has 1 aromatic heterocycles. The van der Waals surface area contributed by atoms with Crippen molar-refractivity contribution in [2.75, 3.05) is 5.32 Å². The lowest BCUT2D eigenvalue weighted by molar-refractivity contribution is -0.384. The fourth-order valence-corrected chi connectivity index (χ4v) is 2.86. The Kier molecular flexibility index (Phi) is 6.07. The van der Waals surface area contributed by atoms with Crippen molar-refractivity contribution in [3.63, 3.8) is 0 Å². The van der Waals surface area contributed by atoms with Gasteiger partial charge >= 0.3 is 5.97 Å². The number of aromatic amines is 1. The summed E-state index contributed by atoms with van der Waals surface area (Å²) >= 11 is 5.95. The molecule has 3 rings (SSSR count). The summed E-state index contributed by atoms with van der Waals surface area (Å²) in [5, 5.41) is 20.4. The molecule has 0 saturated heterocycles. The van der Waals surface area contributed by atoms with Crippen LogP contribution in [0.5, 0.6) is 0 Å². The molecular weight excluding hydrogens is 416 g/mol. The van der Waals surface area contributed by atoms with Gasteiger partial charge < -0.3 is 10.1 Å². The van der Waals surface area contributed by atoms with Crippen LogP contribution in [-0.4, -0.2) is 33.1 Å². The molecule has 0 aliphatic rings. The average Bonchev–Trinajstić information content (AvgIpc) is 2.71. The number of nitro groups is 1. The summed E-state index contributed by atoms with van der Waals surface area (Å²) < 4.78 is 5.13. The zero-order valence-corrected chi connectivity index (χ0v) is 16.3. The summed E-state index contributed by atoms with van der Waals surface area (Å²) in [5.41, 5.74) is -0.323. The smallest absolute Gasteiger partial charge is 0.312 e. The third-order valence-corrected chi connectivity index (χ3v) is 4.51. The Morgan fingerprint density at radius 1 is 1.27 bits per heavy atom. The van der Waals surface area contributed by atoms with Crippen LogP contribution in [-0.2, 0) is 20.7 Å². The molecule has 3 aromatic rings. The van der Waals surface area contributed by atoms with Crippen molar-refractivity contribution in [3.8, 4) is 0 Å². The van der Waals surface area contributed by atoms with Gasteiger partial charge in [-0.25, -0.2) is 5.10 Å². The van der Waals surface area contributed by atoms with Crippen LogP contribution in [0.3, 0.4) is 0 Å². The number of amides is 1. The molecule has 2 aromatic carbocycles. The molecule has 1 atom stereocenters. The monoisotopic (exact) mass is 430 g/mol. The third kappa shape index (κ3) is 4.61. The normalized spacial score (nSPS) is 11.7. The molecule has 0 bridgehead atoms. The summed E-state index contributed by atoms with van der Waals surface area (Å²) in [6, 6.07) is 10.2. The minimum Gasteiger partial charge on any atom is -0.452 e. The van der Waals surface area contributed by atoms with E-state index in [1.54, 1.807) is 24.3 Å². The fraction of sp³-hybridized carbons (Fsp3) is 0.158. The van der Waals surface area contributed by atoms with Gasteiger partial charge in [0.15, 0.2) is 6.10 Å². The van der Waals surface area contributed by atoms with Crippen molar-refractivity contribution < 1.29 is 19.2 Å². The highest BCUT2D eigenvalue weighted by atomic mass is 35.5. The number of halogens is 1. The van der Waals surface area contributed by atoms with E-state index in [0.29, 0.717) is 16.5 Å². The van der Waals surface area contributed by atoms with Crippen molar-refractivity contribution in [1.82, 2.24) is 10.2 Å². The molecule has 30 heavy (non-hydrogen) atoms. The lowest BCUT2D eigenvalue weighted by atomic mass is 10.1. The first-order valence-corrected chi connectivity index (χ1v) is 9.04. The number of nitro benzene ring substituents is 1. The van der Waals surface area contributed by atoms with Crippen LogP contribution in [0.1, 0.15) is 12.6 Å². The Morgan fingerprint density at radius 3 is 2.67 bits per heavy atom. The van der Waals surface area contributed by atoms with Crippen LogP contribution in [0.15, 0.2) is 47.3 Å². The van der Waals surface area contributed by atoms with Crippen molar-refractivity contribution >= 4 is 45.6 Å². The number of nitrogens with one attached hydrogen (secondary N) is 2. The van der Waals surface area contributed by atoms with Crippen molar-refractivity contribution in [1.29, 1.82) is 0 Å². The number of carbonyl (C=O) groups excluding carboxylic acids is 2. The van der Waals surface area contributed by atoms with Crippen LogP contribution < -0.4 is 10.9 Å². The van der Waals surface area contributed by atoms with E-state index in [1.165, 1.54) is 19.1 Å². The number of aromatic nitrogens is 2. The maximum Gasteiger partial charge on any atom is 0.312 e. The lowest BCUT2D eigenvalue weighted by Gasteiger charge is -2.14. The first kappa shape index (κ1) is 20.9. The zero-order valence-electron chi connectivity index (χ0n) is 15.5. The molecule has 1 unspecified atom stereocenters. The van der Waals surface area contributed by atoms with E-state index in [2.05, 4.69) is 15.5 Å². The van der Waals surface area contributed by atoms with Crippen molar-refractivity contribution in [2.45, 2.75) is 19.4 Å². The van der Waals surface area contributed by atoms with Gasteiger partial charge in [0.25, 0.3) is 17.2 Å². The van der Waals surface area contributed by atoms with Crippen molar-refractivity contribution in [2.24, 2.45) is 0 Å². The number of ether oxygens (including phenoxy) is 1. The molecule has 10 nitrogen and oxygen atoms in total. The number of esters is 1. The SMILES string of the molecule is CC(OC(=O)Cc1n[nH]c(=O)c2ccccc12)C(=O)Nc1cc([N+](=O)[O-])ccc1Cl. The third-order valence-electron chi connectivity index (χ3n) is 4.18. The van der Waals surface area contributed by atoms with Gasteiger partial charge in [0.2, 0.25) is 0 Å². The van der Waals surface area contributed by atoms with Gasteiger partial charge in [-0.15, -0.1) is 0 Å². The molecule has 1 amide bonds. The second-order valence-electron chi connectivity index (χ2n) is 6.26. The van der Waals surface area contributed by atoms with Crippen molar-refractivity contribution in [3.05, 3.63) is 73.6 Å². The Bertz CT molecular complexity index is 1210. The Labute approximate surface area is 174 Å². The number of anilines is 1. The van der Waals surface area contributed by atoms with Gasteiger partial charge in [-0.2, -0.15) is 5.10 Å². The summed E-state index contributed by atoms with van der Waals surface area (Å²) in [4.78, 5) is 46.6. The highest BCUT2D eigenvalue weighted by Crippen LogP contribution is 2.27. The number of benzene rings is 2. The number of hydrogen-bond acceptors (Lipinski definition) is 7. The lowest BCUT2D eigenvalue weighted by Crippen LogP contribution is -2.30. The second-order valence-corrected chi connectivity index (χ2v) is 6.67. The van der Waals surface area contributed by atoms with Crippen LogP contribution >= 0.6 is 11.6 Å². The van der Waals surface area contributed by atoms with E-state index in [1.807, 2.05) is 0 Å². The zero-order chi connectivity index (χ0) is 21.8.